The predicted octanol–water partition coefficient (Wildman–Crippen LogP) is 1.60. The molecule has 1 aromatic rings. The molecule has 0 spiro atoms. The number of thiazole rings is 1. The van der Waals surface area contributed by atoms with E-state index in [1.165, 1.54) is 0 Å². The number of hydrogen-bond acceptors (Lipinski definition) is 4. The van der Waals surface area contributed by atoms with E-state index in [-0.39, 0.29) is 6.03 Å². The molecule has 1 aromatic heterocycles. The normalized spacial score (nSPS) is 17.4. The number of carbonyl (C=O) groups is 1. The molecular formula is C13H21N3O2S. The lowest BCUT2D eigenvalue weighted by Crippen LogP contribution is -2.45. The van der Waals surface area contributed by atoms with Crippen LogP contribution < -0.4 is 10.6 Å². The molecule has 0 saturated heterocycles. The summed E-state index contributed by atoms with van der Waals surface area (Å²) in [5, 5.41) is 18.7. The van der Waals surface area contributed by atoms with E-state index in [0.717, 1.165) is 42.8 Å². The van der Waals surface area contributed by atoms with Crippen molar-refractivity contribution in [2.45, 2.75) is 44.6 Å². The third-order valence-electron chi connectivity index (χ3n) is 3.45. The van der Waals surface area contributed by atoms with E-state index in [9.17, 15) is 9.90 Å². The van der Waals surface area contributed by atoms with Crippen molar-refractivity contribution in [3.8, 4) is 0 Å². The largest absolute Gasteiger partial charge is 0.388 e. The summed E-state index contributed by atoms with van der Waals surface area (Å²) in [6, 6.07) is -0.215. The van der Waals surface area contributed by atoms with Crippen LogP contribution in [0.4, 0.5) is 4.79 Å². The minimum absolute atomic E-state index is 0.215. The van der Waals surface area contributed by atoms with E-state index in [2.05, 4.69) is 15.6 Å². The van der Waals surface area contributed by atoms with Crippen LogP contribution in [0.2, 0.25) is 0 Å². The van der Waals surface area contributed by atoms with Gasteiger partial charge in [0.15, 0.2) is 0 Å². The van der Waals surface area contributed by atoms with Crippen LogP contribution in [0.1, 0.15) is 36.4 Å². The zero-order valence-electron chi connectivity index (χ0n) is 11.2. The van der Waals surface area contributed by atoms with Crippen LogP contribution in [-0.4, -0.2) is 34.8 Å². The minimum atomic E-state index is -0.691. The van der Waals surface area contributed by atoms with Crippen molar-refractivity contribution in [2.24, 2.45) is 0 Å². The minimum Gasteiger partial charge on any atom is -0.388 e. The maximum Gasteiger partial charge on any atom is 0.314 e. The number of nitrogens with zero attached hydrogens (tertiary/aromatic N) is 1. The Hall–Kier alpha value is -1.14. The van der Waals surface area contributed by atoms with Gasteiger partial charge in [-0.3, -0.25) is 0 Å². The first-order valence-corrected chi connectivity index (χ1v) is 7.60. The van der Waals surface area contributed by atoms with Gasteiger partial charge in [-0.25, -0.2) is 9.78 Å². The van der Waals surface area contributed by atoms with Crippen LogP contribution in [0.25, 0.3) is 0 Å². The Labute approximate surface area is 117 Å². The van der Waals surface area contributed by atoms with E-state index in [4.69, 9.17) is 0 Å². The van der Waals surface area contributed by atoms with Crippen molar-refractivity contribution in [1.29, 1.82) is 0 Å². The monoisotopic (exact) mass is 283 g/mol. The van der Waals surface area contributed by atoms with Gasteiger partial charge in [0.05, 0.1) is 16.3 Å². The molecule has 3 N–H and O–H groups in total. The molecule has 1 heterocycles. The molecule has 2 rings (SSSR count). The Morgan fingerprint density at radius 2 is 2.21 bits per heavy atom. The molecule has 1 aliphatic rings. The van der Waals surface area contributed by atoms with E-state index in [0.29, 0.717) is 13.1 Å². The molecule has 1 fully saturated rings. The fourth-order valence-corrected chi connectivity index (χ4v) is 2.99. The van der Waals surface area contributed by atoms with Crippen LogP contribution in [-0.2, 0) is 6.42 Å². The molecule has 0 aliphatic heterocycles. The van der Waals surface area contributed by atoms with Crippen molar-refractivity contribution in [3.63, 3.8) is 0 Å². The topological polar surface area (TPSA) is 74.2 Å². The Morgan fingerprint density at radius 1 is 1.47 bits per heavy atom. The zero-order valence-corrected chi connectivity index (χ0v) is 12.1. The molecule has 6 heteroatoms. The zero-order chi connectivity index (χ0) is 13.7. The maximum absolute atomic E-state index is 11.6. The molecule has 106 valence electrons. The predicted molar refractivity (Wildman–Crippen MR) is 75.4 cm³/mol. The Kier molecular flexibility index (Phi) is 4.76. The molecule has 1 aliphatic carbocycles. The maximum atomic E-state index is 11.6. The van der Waals surface area contributed by atoms with Crippen LogP contribution in [0, 0.1) is 6.92 Å². The van der Waals surface area contributed by atoms with E-state index >= 15 is 0 Å². The summed E-state index contributed by atoms with van der Waals surface area (Å²) < 4.78 is 0. The van der Waals surface area contributed by atoms with Gasteiger partial charge in [-0.2, -0.15) is 0 Å². The first-order chi connectivity index (χ1) is 9.07. The third kappa shape index (κ3) is 4.47. The summed E-state index contributed by atoms with van der Waals surface area (Å²) in [6.45, 7) is 2.87. The van der Waals surface area contributed by atoms with Crippen molar-refractivity contribution in [1.82, 2.24) is 15.6 Å². The number of carbonyl (C=O) groups excluding carboxylic acids is 1. The number of amides is 2. The Morgan fingerprint density at radius 3 is 2.84 bits per heavy atom. The quantitative estimate of drug-likeness (QED) is 0.768. The number of nitrogens with one attached hydrogen (secondary N) is 2. The number of aromatic nitrogens is 1. The van der Waals surface area contributed by atoms with Gasteiger partial charge >= 0.3 is 6.03 Å². The van der Waals surface area contributed by atoms with Crippen LogP contribution in [0.15, 0.2) is 5.38 Å². The van der Waals surface area contributed by atoms with Crippen LogP contribution in [0.3, 0.4) is 0 Å². The molecule has 0 aromatic carbocycles. The molecule has 0 radical (unpaired) electrons. The number of aryl methyl sites for hydroxylation is 1. The third-order valence-corrected chi connectivity index (χ3v) is 4.27. The van der Waals surface area contributed by atoms with Crippen molar-refractivity contribution < 1.29 is 9.90 Å². The van der Waals surface area contributed by atoms with E-state index in [1.54, 1.807) is 11.3 Å². The first-order valence-electron chi connectivity index (χ1n) is 6.72. The Balaban J connectivity index is 1.62. The Bertz CT molecular complexity index is 427. The van der Waals surface area contributed by atoms with Gasteiger partial charge in [0.25, 0.3) is 0 Å². The summed E-state index contributed by atoms with van der Waals surface area (Å²) in [4.78, 5) is 15.9. The summed E-state index contributed by atoms with van der Waals surface area (Å²) >= 11 is 1.62. The standard InChI is InChI=1S/C13H21N3O2S/c1-10-16-11(8-19-10)4-7-14-12(17)15-9-13(18)5-2-3-6-13/h8,18H,2-7,9H2,1H3,(H2,14,15,17). The molecule has 0 atom stereocenters. The second-order valence-corrected chi connectivity index (χ2v) is 6.21. The van der Waals surface area contributed by atoms with Crippen LogP contribution in [0.5, 0.6) is 0 Å². The highest BCUT2D eigenvalue weighted by Crippen LogP contribution is 2.28. The molecule has 1 saturated carbocycles. The molecule has 2 amide bonds. The SMILES string of the molecule is Cc1nc(CCNC(=O)NCC2(O)CCCC2)cs1. The van der Waals surface area contributed by atoms with Gasteiger partial charge in [-0.15, -0.1) is 11.3 Å². The smallest absolute Gasteiger partial charge is 0.314 e. The lowest BCUT2D eigenvalue weighted by Gasteiger charge is -2.22. The number of urea groups is 1. The summed E-state index contributed by atoms with van der Waals surface area (Å²) in [7, 11) is 0. The fraction of sp³-hybridized carbons (Fsp3) is 0.692. The van der Waals surface area contributed by atoms with Gasteiger partial charge in [0, 0.05) is 24.9 Å². The van der Waals surface area contributed by atoms with Gasteiger partial charge in [-0.05, 0) is 19.8 Å². The lowest BCUT2D eigenvalue weighted by atomic mass is 10.0. The summed E-state index contributed by atoms with van der Waals surface area (Å²) in [5.41, 5.74) is 0.320. The average Bonchev–Trinajstić information content (AvgIpc) is 2.97. The fourth-order valence-electron chi connectivity index (χ4n) is 2.34. The van der Waals surface area contributed by atoms with Crippen molar-refractivity contribution >= 4 is 17.4 Å². The molecular weight excluding hydrogens is 262 g/mol. The highest BCUT2D eigenvalue weighted by molar-refractivity contribution is 7.09. The van der Waals surface area contributed by atoms with E-state index < -0.39 is 5.60 Å². The molecule has 5 nitrogen and oxygen atoms in total. The lowest BCUT2D eigenvalue weighted by molar-refractivity contribution is 0.0501. The number of rotatable bonds is 5. The van der Waals surface area contributed by atoms with Crippen molar-refractivity contribution in [2.75, 3.05) is 13.1 Å². The highest BCUT2D eigenvalue weighted by atomic mass is 32.1. The summed E-state index contributed by atoms with van der Waals surface area (Å²) in [5.74, 6) is 0. The first kappa shape index (κ1) is 14.3. The summed E-state index contributed by atoms with van der Waals surface area (Å²) in [6.07, 6.45) is 4.39. The van der Waals surface area contributed by atoms with E-state index in [1.807, 2.05) is 12.3 Å². The molecule has 0 bridgehead atoms. The van der Waals surface area contributed by atoms with Crippen molar-refractivity contribution in [3.05, 3.63) is 16.1 Å². The number of hydrogen-bond donors (Lipinski definition) is 3. The van der Waals surface area contributed by atoms with Gasteiger partial charge < -0.3 is 15.7 Å². The van der Waals surface area contributed by atoms with Gasteiger partial charge in [0.2, 0.25) is 0 Å². The molecule has 0 unspecified atom stereocenters. The van der Waals surface area contributed by atoms with Crippen LogP contribution >= 0.6 is 11.3 Å². The average molecular weight is 283 g/mol. The second kappa shape index (κ2) is 6.34. The number of aliphatic hydroxyl groups is 1. The van der Waals surface area contributed by atoms with Gasteiger partial charge in [-0.1, -0.05) is 12.8 Å². The van der Waals surface area contributed by atoms with Gasteiger partial charge in [0.1, 0.15) is 0 Å². The highest BCUT2D eigenvalue weighted by Gasteiger charge is 2.31. The second-order valence-electron chi connectivity index (χ2n) is 5.15. The molecule has 19 heavy (non-hydrogen) atoms.